The summed E-state index contributed by atoms with van der Waals surface area (Å²) >= 11 is 0. The fourth-order valence-electron chi connectivity index (χ4n) is 0.554. The highest BCUT2D eigenvalue weighted by Crippen LogP contribution is 2.25. The fraction of sp³-hybridized carbons (Fsp3) is 0.375. The molecule has 0 bridgehead atoms. The maximum absolute atomic E-state index is 3.91. The monoisotopic (exact) mass is 136 g/mol. The van der Waals surface area contributed by atoms with Crippen molar-refractivity contribution in [3.63, 3.8) is 0 Å². The lowest BCUT2D eigenvalue weighted by molar-refractivity contribution is 0.505. The molecular formula is C8H12N2. The van der Waals surface area contributed by atoms with Crippen molar-refractivity contribution >= 4 is 0 Å². The Bertz CT molecular complexity index is 177. The molecular weight excluding hydrogens is 124 g/mol. The van der Waals surface area contributed by atoms with Crippen molar-refractivity contribution < 1.29 is 0 Å². The van der Waals surface area contributed by atoms with Crippen LogP contribution in [0.15, 0.2) is 18.3 Å². The van der Waals surface area contributed by atoms with Crippen molar-refractivity contribution in [2.75, 3.05) is 21.1 Å². The number of hydrogen-bond acceptors (Lipinski definition) is 2. The lowest BCUT2D eigenvalue weighted by Crippen LogP contribution is -1.99. The maximum Gasteiger partial charge on any atom is 0.0717 e. The Morgan fingerprint density at radius 1 is 1.20 bits per heavy atom. The first-order valence-corrected chi connectivity index (χ1v) is 3.27. The van der Waals surface area contributed by atoms with Crippen LogP contribution in [0, 0.1) is 0 Å². The second-order valence-corrected chi connectivity index (χ2v) is 2.77. The molecule has 0 amide bonds. The highest BCUT2D eigenvalue weighted by Gasteiger charge is 2.06. The Morgan fingerprint density at radius 2 is 1.70 bits per heavy atom. The normalized spacial score (nSPS) is 10.4. The predicted molar refractivity (Wildman–Crippen MR) is 42.8 cm³/mol. The standard InChI is InChI=1S/C5H3N.C3H9N/c1-2-5-4(1)3-6-5;1-4(2)3/h1-3H;1-3H3. The third-order valence-corrected chi connectivity index (χ3v) is 1.06. The molecule has 10 heavy (non-hydrogen) atoms. The van der Waals surface area contributed by atoms with Crippen LogP contribution in [0.3, 0.4) is 0 Å². The van der Waals surface area contributed by atoms with E-state index in [1.54, 1.807) is 0 Å². The molecule has 0 fully saturated rings. The van der Waals surface area contributed by atoms with E-state index < -0.39 is 0 Å². The Kier molecular flexibility index (Phi) is 2.02. The van der Waals surface area contributed by atoms with Gasteiger partial charge in [0.25, 0.3) is 0 Å². The number of fused-ring (bicyclic) bond motifs is 1. The molecule has 1 aliphatic carbocycles. The molecule has 2 heteroatoms. The first-order valence-electron chi connectivity index (χ1n) is 3.27. The van der Waals surface area contributed by atoms with Crippen molar-refractivity contribution in [3.8, 4) is 11.3 Å². The molecule has 2 nitrogen and oxygen atoms in total. The Hall–Kier alpha value is -0.890. The first kappa shape index (κ1) is 7.22. The molecule has 0 saturated carbocycles. The quantitative estimate of drug-likeness (QED) is 0.541. The van der Waals surface area contributed by atoms with Crippen molar-refractivity contribution in [2.45, 2.75) is 0 Å². The minimum absolute atomic E-state index is 1.18. The average molecular weight is 136 g/mol. The summed E-state index contributed by atoms with van der Waals surface area (Å²) in [6, 6.07) is 4.07. The summed E-state index contributed by atoms with van der Waals surface area (Å²) < 4.78 is 0. The second kappa shape index (κ2) is 2.80. The molecule has 0 atom stereocenters. The van der Waals surface area contributed by atoms with Gasteiger partial charge in [0, 0.05) is 11.8 Å². The van der Waals surface area contributed by atoms with E-state index in [-0.39, 0.29) is 0 Å². The molecule has 0 aromatic heterocycles. The van der Waals surface area contributed by atoms with E-state index in [1.165, 1.54) is 11.3 Å². The van der Waals surface area contributed by atoms with Gasteiger partial charge in [0.15, 0.2) is 0 Å². The zero-order valence-corrected chi connectivity index (χ0v) is 6.63. The minimum Gasteiger partial charge on any atom is -0.312 e. The lowest BCUT2D eigenvalue weighted by atomic mass is 10.1. The number of pyridine rings is 1. The van der Waals surface area contributed by atoms with E-state index >= 15 is 0 Å². The topological polar surface area (TPSA) is 16.1 Å². The number of hydrogen-bond donors (Lipinski definition) is 0. The van der Waals surface area contributed by atoms with Crippen LogP contribution < -0.4 is 0 Å². The predicted octanol–water partition coefficient (Wildman–Crippen LogP) is 1.24. The van der Waals surface area contributed by atoms with Gasteiger partial charge >= 0.3 is 0 Å². The number of aromatic nitrogens is 1. The molecule has 0 spiro atoms. The Balaban J connectivity index is 0.000000112. The van der Waals surface area contributed by atoms with Gasteiger partial charge in [-0.05, 0) is 33.3 Å². The Labute approximate surface area is 61.5 Å². The van der Waals surface area contributed by atoms with Crippen LogP contribution in [0.1, 0.15) is 0 Å². The molecule has 0 saturated heterocycles. The summed E-state index contributed by atoms with van der Waals surface area (Å²) in [7, 11) is 6.00. The van der Waals surface area contributed by atoms with Gasteiger partial charge in [-0.1, -0.05) is 0 Å². The van der Waals surface area contributed by atoms with E-state index in [0.29, 0.717) is 0 Å². The zero-order chi connectivity index (χ0) is 7.56. The number of nitrogens with zero attached hydrogens (tertiary/aromatic N) is 2. The molecule has 2 aliphatic rings. The largest absolute Gasteiger partial charge is 0.312 e. The van der Waals surface area contributed by atoms with Gasteiger partial charge in [-0.15, -0.1) is 0 Å². The van der Waals surface area contributed by atoms with Gasteiger partial charge in [-0.25, -0.2) is 0 Å². The fourth-order valence-corrected chi connectivity index (χ4v) is 0.554. The summed E-state index contributed by atoms with van der Waals surface area (Å²) in [6.45, 7) is 0. The van der Waals surface area contributed by atoms with Gasteiger partial charge in [0.05, 0.1) is 5.69 Å². The van der Waals surface area contributed by atoms with E-state index in [0.717, 1.165) is 0 Å². The van der Waals surface area contributed by atoms with Crippen LogP contribution in [0.5, 0.6) is 0 Å². The Morgan fingerprint density at radius 3 is 1.70 bits per heavy atom. The molecule has 1 aliphatic heterocycles. The minimum atomic E-state index is 1.18. The van der Waals surface area contributed by atoms with Gasteiger partial charge in [0.2, 0.25) is 0 Å². The highest BCUT2D eigenvalue weighted by atomic mass is 15.0. The molecule has 0 unspecified atom stereocenters. The van der Waals surface area contributed by atoms with Crippen molar-refractivity contribution in [1.29, 1.82) is 0 Å². The molecule has 0 aromatic carbocycles. The van der Waals surface area contributed by atoms with Crippen LogP contribution in [0.2, 0.25) is 0 Å². The van der Waals surface area contributed by atoms with E-state index in [1.807, 2.05) is 38.3 Å². The van der Waals surface area contributed by atoms with Gasteiger partial charge in [-0.3, -0.25) is 4.98 Å². The van der Waals surface area contributed by atoms with Gasteiger partial charge < -0.3 is 4.90 Å². The van der Waals surface area contributed by atoms with Crippen molar-refractivity contribution in [1.82, 2.24) is 9.88 Å². The summed E-state index contributed by atoms with van der Waals surface area (Å²) in [4.78, 5) is 5.91. The SMILES string of the molecule is CN(C)C.c1cc2ncc1-2. The molecule has 54 valence electrons. The molecule has 0 radical (unpaired) electrons. The zero-order valence-electron chi connectivity index (χ0n) is 6.63. The maximum atomic E-state index is 3.91. The van der Waals surface area contributed by atoms with Crippen LogP contribution in [-0.4, -0.2) is 31.0 Å². The smallest absolute Gasteiger partial charge is 0.0717 e. The van der Waals surface area contributed by atoms with Crippen LogP contribution in [0.4, 0.5) is 0 Å². The molecule has 1 heterocycles. The first-order chi connectivity index (χ1) is 4.70. The third-order valence-electron chi connectivity index (χ3n) is 1.06. The summed E-state index contributed by atoms with van der Waals surface area (Å²) in [5.74, 6) is 0. The summed E-state index contributed by atoms with van der Waals surface area (Å²) in [5.41, 5.74) is 2.49. The van der Waals surface area contributed by atoms with Crippen LogP contribution in [0.25, 0.3) is 11.3 Å². The lowest BCUT2D eigenvalue weighted by Gasteiger charge is -2.08. The van der Waals surface area contributed by atoms with E-state index in [4.69, 9.17) is 0 Å². The van der Waals surface area contributed by atoms with Gasteiger partial charge in [-0.2, -0.15) is 0 Å². The van der Waals surface area contributed by atoms with E-state index in [9.17, 15) is 0 Å². The highest BCUT2D eigenvalue weighted by molar-refractivity contribution is 5.68. The van der Waals surface area contributed by atoms with Crippen LogP contribution in [-0.2, 0) is 0 Å². The molecule has 0 aromatic rings. The van der Waals surface area contributed by atoms with Gasteiger partial charge in [0.1, 0.15) is 0 Å². The summed E-state index contributed by atoms with van der Waals surface area (Å²) in [5, 5.41) is 0. The molecule has 0 N–H and O–H groups in total. The summed E-state index contributed by atoms with van der Waals surface area (Å²) in [6.07, 6.45) is 1.87. The number of rotatable bonds is 0. The molecule has 2 rings (SSSR count). The van der Waals surface area contributed by atoms with Crippen molar-refractivity contribution in [3.05, 3.63) is 18.3 Å². The van der Waals surface area contributed by atoms with Crippen LogP contribution >= 0.6 is 0 Å². The third kappa shape index (κ3) is 1.54. The van der Waals surface area contributed by atoms with E-state index in [2.05, 4.69) is 11.1 Å². The average Bonchev–Trinajstić information content (AvgIpc) is 1.77. The van der Waals surface area contributed by atoms with Crippen molar-refractivity contribution in [2.24, 2.45) is 0 Å². The second-order valence-electron chi connectivity index (χ2n) is 2.77.